The van der Waals surface area contributed by atoms with Crippen molar-refractivity contribution in [3.8, 4) is 0 Å². The molecule has 1 aromatic carbocycles. The molecule has 0 bridgehead atoms. The number of halogens is 1. The van der Waals surface area contributed by atoms with Gasteiger partial charge in [-0.15, -0.1) is 0 Å². The maximum absolute atomic E-state index is 13.3. The van der Waals surface area contributed by atoms with Gasteiger partial charge in [0, 0.05) is 7.05 Å². The molecular weight excluding hydrogens is 269 g/mol. The van der Waals surface area contributed by atoms with Gasteiger partial charge in [0.1, 0.15) is 5.82 Å². The third-order valence-corrected chi connectivity index (χ3v) is 4.42. The molecule has 0 amide bonds. The number of sulfone groups is 1. The number of hydrogen-bond acceptors (Lipinski definition) is 4. The first-order valence-electron chi connectivity index (χ1n) is 5.57. The van der Waals surface area contributed by atoms with E-state index in [-0.39, 0.29) is 16.3 Å². The molecule has 19 heavy (non-hydrogen) atoms. The summed E-state index contributed by atoms with van der Waals surface area (Å²) >= 11 is 0. The summed E-state index contributed by atoms with van der Waals surface area (Å²) in [5, 5.41) is 4.08. The molecule has 1 heterocycles. The molecular formula is C12H14FN3O2S. The first-order chi connectivity index (χ1) is 8.79. The highest BCUT2D eigenvalue weighted by molar-refractivity contribution is 7.90. The lowest BCUT2D eigenvalue weighted by molar-refractivity contribution is 0.587. The van der Waals surface area contributed by atoms with E-state index in [4.69, 9.17) is 5.73 Å². The molecule has 0 spiro atoms. The standard InChI is InChI=1S/C12H14FN3O2S/c1-8-5-9(16(2)15-8)7-19(17,18)10-3-4-12(14)11(13)6-10/h3-6H,7,14H2,1-2H3. The third-order valence-electron chi connectivity index (χ3n) is 2.77. The van der Waals surface area contributed by atoms with Crippen molar-refractivity contribution >= 4 is 15.5 Å². The van der Waals surface area contributed by atoms with Gasteiger partial charge in [-0.3, -0.25) is 4.68 Å². The molecule has 0 saturated carbocycles. The van der Waals surface area contributed by atoms with Crippen LogP contribution in [0.4, 0.5) is 10.1 Å². The average molecular weight is 283 g/mol. The van der Waals surface area contributed by atoms with Crippen LogP contribution in [0, 0.1) is 12.7 Å². The Bertz CT molecular complexity index is 723. The van der Waals surface area contributed by atoms with E-state index in [1.807, 2.05) is 0 Å². The second-order valence-corrected chi connectivity index (χ2v) is 6.33. The molecule has 2 N–H and O–H groups in total. The van der Waals surface area contributed by atoms with Crippen LogP contribution in [-0.2, 0) is 22.6 Å². The summed E-state index contributed by atoms with van der Waals surface area (Å²) < 4.78 is 39.2. The zero-order chi connectivity index (χ0) is 14.2. The molecule has 0 aliphatic rings. The van der Waals surface area contributed by atoms with E-state index in [2.05, 4.69) is 5.10 Å². The molecule has 5 nitrogen and oxygen atoms in total. The SMILES string of the molecule is Cc1cc(CS(=O)(=O)c2ccc(N)c(F)c2)n(C)n1. The second-order valence-electron chi connectivity index (χ2n) is 4.34. The number of anilines is 1. The summed E-state index contributed by atoms with van der Waals surface area (Å²) in [4.78, 5) is -0.0851. The minimum Gasteiger partial charge on any atom is -0.396 e. The Kier molecular flexibility index (Phi) is 3.32. The normalized spacial score (nSPS) is 11.7. The van der Waals surface area contributed by atoms with Crippen LogP contribution in [0.15, 0.2) is 29.2 Å². The van der Waals surface area contributed by atoms with Gasteiger partial charge in [0.25, 0.3) is 0 Å². The number of rotatable bonds is 3. The zero-order valence-corrected chi connectivity index (χ0v) is 11.4. The smallest absolute Gasteiger partial charge is 0.184 e. The summed E-state index contributed by atoms with van der Waals surface area (Å²) in [6, 6.07) is 5.17. The monoisotopic (exact) mass is 283 g/mol. The van der Waals surface area contributed by atoms with Gasteiger partial charge in [-0.05, 0) is 31.2 Å². The van der Waals surface area contributed by atoms with Gasteiger partial charge >= 0.3 is 0 Å². The Morgan fingerprint density at radius 2 is 2.05 bits per heavy atom. The van der Waals surface area contributed by atoms with Crippen LogP contribution in [0.1, 0.15) is 11.4 Å². The number of hydrogen-bond donors (Lipinski definition) is 1. The second kappa shape index (κ2) is 4.65. The fourth-order valence-electron chi connectivity index (χ4n) is 1.78. The molecule has 0 aliphatic heterocycles. The van der Waals surface area contributed by atoms with E-state index in [0.29, 0.717) is 5.69 Å². The molecule has 0 radical (unpaired) electrons. The minimum absolute atomic E-state index is 0.0738. The van der Waals surface area contributed by atoms with Crippen molar-refractivity contribution in [2.24, 2.45) is 7.05 Å². The molecule has 1 aromatic heterocycles. The van der Waals surface area contributed by atoms with Crippen molar-refractivity contribution in [2.75, 3.05) is 5.73 Å². The highest BCUT2D eigenvalue weighted by atomic mass is 32.2. The number of nitrogens with two attached hydrogens (primary N) is 1. The highest BCUT2D eigenvalue weighted by Gasteiger charge is 2.19. The molecule has 2 aromatic rings. The van der Waals surface area contributed by atoms with Crippen LogP contribution in [0.3, 0.4) is 0 Å². The van der Waals surface area contributed by atoms with E-state index in [1.54, 1.807) is 20.0 Å². The number of benzene rings is 1. The van der Waals surface area contributed by atoms with Gasteiger partial charge in [0.15, 0.2) is 9.84 Å². The number of aromatic nitrogens is 2. The van der Waals surface area contributed by atoms with E-state index in [0.717, 1.165) is 11.8 Å². The first kappa shape index (κ1) is 13.5. The van der Waals surface area contributed by atoms with Crippen LogP contribution in [0.25, 0.3) is 0 Å². The Morgan fingerprint density at radius 3 is 2.58 bits per heavy atom. The van der Waals surface area contributed by atoms with Crippen LogP contribution in [0.5, 0.6) is 0 Å². The first-order valence-corrected chi connectivity index (χ1v) is 7.22. The lowest BCUT2D eigenvalue weighted by Gasteiger charge is -2.06. The average Bonchev–Trinajstić information content (AvgIpc) is 2.60. The quantitative estimate of drug-likeness (QED) is 0.864. The molecule has 0 unspecified atom stereocenters. The van der Waals surface area contributed by atoms with Crippen molar-refractivity contribution < 1.29 is 12.8 Å². The van der Waals surface area contributed by atoms with Gasteiger partial charge in [0.05, 0.1) is 27.7 Å². The van der Waals surface area contributed by atoms with E-state index >= 15 is 0 Å². The third kappa shape index (κ3) is 2.76. The molecule has 7 heteroatoms. The molecule has 0 aliphatic carbocycles. The zero-order valence-electron chi connectivity index (χ0n) is 10.6. The summed E-state index contributed by atoms with van der Waals surface area (Å²) in [5.41, 5.74) is 6.54. The Labute approximate surface area is 110 Å². The summed E-state index contributed by atoms with van der Waals surface area (Å²) in [5.74, 6) is -0.962. The van der Waals surface area contributed by atoms with Crippen molar-refractivity contribution in [2.45, 2.75) is 17.6 Å². The van der Waals surface area contributed by atoms with Gasteiger partial charge in [0.2, 0.25) is 0 Å². The summed E-state index contributed by atoms with van der Waals surface area (Å²) in [7, 11) is -1.95. The number of aryl methyl sites for hydroxylation is 2. The fraction of sp³-hybridized carbons (Fsp3) is 0.250. The largest absolute Gasteiger partial charge is 0.396 e. The maximum atomic E-state index is 13.3. The van der Waals surface area contributed by atoms with Crippen LogP contribution in [-0.4, -0.2) is 18.2 Å². The minimum atomic E-state index is -3.62. The summed E-state index contributed by atoms with van der Waals surface area (Å²) in [6.07, 6.45) is 0. The topological polar surface area (TPSA) is 78.0 Å². The Morgan fingerprint density at radius 1 is 1.37 bits per heavy atom. The Hall–Kier alpha value is -1.89. The molecule has 0 saturated heterocycles. The predicted octanol–water partition coefficient (Wildman–Crippen LogP) is 1.42. The van der Waals surface area contributed by atoms with Gasteiger partial charge in [-0.25, -0.2) is 12.8 Å². The Balaban J connectivity index is 2.37. The highest BCUT2D eigenvalue weighted by Crippen LogP contribution is 2.20. The fourth-order valence-corrected chi connectivity index (χ4v) is 3.16. The van der Waals surface area contributed by atoms with Crippen LogP contribution >= 0.6 is 0 Å². The maximum Gasteiger partial charge on any atom is 0.184 e. The van der Waals surface area contributed by atoms with Crippen molar-refractivity contribution in [3.05, 3.63) is 41.5 Å². The number of nitrogen functional groups attached to an aromatic ring is 1. The molecule has 102 valence electrons. The van der Waals surface area contributed by atoms with Crippen molar-refractivity contribution in [1.82, 2.24) is 9.78 Å². The van der Waals surface area contributed by atoms with E-state index in [1.165, 1.54) is 16.8 Å². The molecule has 2 rings (SSSR count). The number of nitrogens with zero attached hydrogens (tertiary/aromatic N) is 2. The van der Waals surface area contributed by atoms with Crippen LogP contribution in [0.2, 0.25) is 0 Å². The predicted molar refractivity (Wildman–Crippen MR) is 69.6 cm³/mol. The van der Waals surface area contributed by atoms with Gasteiger partial charge in [-0.1, -0.05) is 0 Å². The van der Waals surface area contributed by atoms with Gasteiger partial charge in [-0.2, -0.15) is 5.10 Å². The molecule has 0 atom stereocenters. The van der Waals surface area contributed by atoms with Gasteiger partial charge < -0.3 is 5.73 Å². The lowest BCUT2D eigenvalue weighted by Crippen LogP contribution is -2.09. The van der Waals surface area contributed by atoms with Crippen molar-refractivity contribution in [1.29, 1.82) is 0 Å². The van der Waals surface area contributed by atoms with E-state index < -0.39 is 15.7 Å². The summed E-state index contributed by atoms with van der Waals surface area (Å²) in [6.45, 7) is 1.78. The molecule has 0 fully saturated rings. The van der Waals surface area contributed by atoms with Crippen LogP contribution < -0.4 is 5.73 Å². The van der Waals surface area contributed by atoms with E-state index in [9.17, 15) is 12.8 Å². The lowest BCUT2D eigenvalue weighted by atomic mass is 10.3. The van der Waals surface area contributed by atoms with Crippen molar-refractivity contribution in [3.63, 3.8) is 0 Å².